The quantitative estimate of drug-likeness (QED) is 0.290. The predicted molar refractivity (Wildman–Crippen MR) is 153 cm³/mol. The van der Waals surface area contributed by atoms with Crippen molar-refractivity contribution in [3.8, 4) is 0 Å². The zero-order valence-electron chi connectivity index (χ0n) is 22.7. The van der Waals surface area contributed by atoms with Crippen LogP contribution in [0.4, 0.5) is 0 Å². The number of benzene rings is 1. The number of unbranched alkanes of at least 4 members (excludes halogenated alkanes) is 8. The number of hydrogen-bond acceptors (Lipinski definition) is 4. The minimum absolute atomic E-state index is 0.138. The van der Waals surface area contributed by atoms with Crippen LogP contribution in [0.2, 0.25) is 0 Å². The molecule has 0 N–H and O–H groups in total. The van der Waals surface area contributed by atoms with E-state index in [4.69, 9.17) is 0 Å². The van der Waals surface area contributed by atoms with Crippen LogP contribution in [0.1, 0.15) is 93.2 Å². The standard InChI is InChI=1S/C31H45N3O2S/c1-2-3-4-5-6-7-8-9-13-16-29(35)32-20-22-33(23-21-32)30(36)25-34-19-17-28-27(18-24-37-28)31(34)26-14-11-10-12-15-26/h10-12,14-15,18,24,31H,2-9,13,16-17,19-23,25H2,1H3. The van der Waals surface area contributed by atoms with Gasteiger partial charge in [0.2, 0.25) is 11.8 Å². The molecule has 0 radical (unpaired) electrons. The minimum atomic E-state index is 0.138. The zero-order valence-corrected chi connectivity index (χ0v) is 23.5. The Labute approximate surface area is 227 Å². The van der Waals surface area contributed by atoms with Gasteiger partial charge in [-0.3, -0.25) is 14.5 Å². The van der Waals surface area contributed by atoms with E-state index < -0.39 is 0 Å². The molecule has 1 atom stereocenters. The highest BCUT2D eigenvalue weighted by molar-refractivity contribution is 7.10. The van der Waals surface area contributed by atoms with Crippen LogP contribution in [-0.2, 0) is 16.0 Å². The minimum Gasteiger partial charge on any atom is -0.339 e. The molecule has 2 aromatic rings. The number of piperazine rings is 1. The maximum Gasteiger partial charge on any atom is 0.236 e. The molecule has 2 amide bonds. The molecule has 4 rings (SSSR count). The number of fused-ring (bicyclic) bond motifs is 1. The van der Waals surface area contributed by atoms with Gasteiger partial charge in [-0.25, -0.2) is 0 Å². The molecule has 2 aliphatic rings. The topological polar surface area (TPSA) is 43.9 Å². The van der Waals surface area contributed by atoms with E-state index in [9.17, 15) is 9.59 Å². The van der Waals surface area contributed by atoms with Crippen molar-refractivity contribution in [1.82, 2.24) is 14.7 Å². The SMILES string of the molecule is CCCCCCCCCCCC(=O)N1CCN(C(=O)CN2CCc3sccc3C2c2ccccc2)CC1. The number of carbonyl (C=O) groups excluding carboxylic acids is 2. The first-order valence-electron chi connectivity index (χ1n) is 14.6. The molecule has 3 heterocycles. The van der Waals surface area contributed by atoms with Crippen molar-refractivity contribution in [3.63, 3.8) is 0 Å². The molecule has 1 saturated heterocycles. The Morgan fingerprint density at radius 2 is 1.41 bits per heavy atom. The van der Waals surface area contributed by atoms with Gasteiger partial charge in [-0.15, -0.1) is 11.3 Å². The van der Waals surface area contributed by atoms with Crippen molar-refractivity contribution in [3.05, 3.63) is 57.8 Å². The summed E-state index contributed by atoms with van der Waals surface area (Å²) in [6.45, 7) is 6.21. The van der Waals surface area contributed by atoms with Crippen LogP contribution >= 0.6 is 11.3 Å². The summed E-state index contributed by atoms with van der Waals surface area (Å²) in [5.74, 6) is 0.450. The Morgan fingerprint density at radius 1 is 0.784 bits per heavy atom. The molecular formula is C31H45N3O2S. The molecule has 1 unspecified atom stereocenters. The lowest BCUT2D eigenvalue weighted by atomic mass is 9.93. The van der Waals surface area contributed by atoms with E-state index in [1.807, 2.05) is 27.2 Å². The lowest BCUT2D eigenvalue weighted by molar-refractivity contribution is -0.140. The number of rotatable bonds is 13. The Kier molecular flexibility index (Phi) is 11.0. The fraction of sp³-hybridized carbons (Fsp3) is 0.613. The number of nitrogens with zero attached hydrogens (tertiary/aromatic N) is 3. The van der Waals surface area contributed by atoms with Gasteiger partial charge in [0.25, 0.3) is 0 Å². The van der Waals surface area contributed by atoms with Crippen LogP contribution in [0.15, 0.2) is 41.8 Å². The van der Waals surface area contributed by atoms with E-state index in [2.05, 4.69) is 47.5 Å². The van der Waals surface area contributed by atoms with Crippen LogP contribution in [0.25, 0.3) is 0 Å². The van der Waals surface area contributed by atoms with Gasteiger partial charge in [0.05, 0.1) is 12.6 Å². The van der Waals surface area contributed by atoms with Crippen LogP contribution in [0.3, 0.4) is 0 Å². The molecule has 6 heteroatoms. The van der Waals surface area contributed by atoms with Crippen LogP contribution in [0.5, 0.6) is 0 Å². The normalized spacial score (nSPS) is 18.1. The third kappa shape index (κ3) is 7.90. The van der Waals surface area contributed by atoms with Gasteiger partial charge in [0, 0.05) is 44.0 Å². The van der Waals surface area contributed by atoms with E-state index in [-0.39, 0.29) is 17.9 Å². The summed E-state index contributed by atoms with van der Waals surface area (Å²) in [5.41, 5.74) is 2.60. The maximum atomic E-state index is 13.3. The Hall–Kier alpha value is -2.18. The third-order valence-electron chi connectivity index (χ3n) is 8.00. The number of amides is 2. The zero-order chi connectivity index (χ0) is 25.9. The highest BCUT2D eigenvalue weighted by Gasteiger charge is 2.32. The predicted octanol–water partition coefficient (Wildman–Crippen LogP) is 6.29. The van der Waals surface area contributed by atoms with E-state index in [0.717, 1.165) is 25.8 Å². The Bertz CT molecular complexity index is 968. The lowest BCUT2D eigenvalue weighted by Crippen LogP contribution is -2.53. The summed E-state index contributed by atoms with van der Waals surface area (Å²) in [6.07, 6.45) is 13.1. The summed E-state index contributed by atoms with van der Waals surface area (Å²) >= 11 is 1.83. The smallest absolute Gasteiger partial charge is 0.236 e. The molecule has 1 aromatic heterocycles. The second kappa shape index (κ2) is 14.7. The molecule has 1 aromatic carbocycles. The van der Waals surface area contributed by atoms with Gasteiger partial charge in [-0.1, -0.05) is 88.6 Å². The second-order valence-corrected chi connectivity index (χ2v) is 11.7. The first-order chi connectivity index (χ1) is 18.2. The molecule has 5 nitrogen and oxygen atoms in total. The highest BCUT2D eigenvalue weighted by atomic mass is 32.1. The van der Waals surface area contributed by atoms with E-state index >= 15 is 0 Å². The molecule has 1 fully saturated rings. The van der Waals surface area contributed by atoms with E-state index in [0.29, 0.717) is 39.1 Å². The van der Waals surface area contributed by atoms with Crippen molar-refractivity contribution < 1.29 is 9.59 Å². The summed E-state index contributed by atoms with van der Waals surface area (Å²) in [7, 11) is 0. The van der Waals surface area contributed by atoms with Crippen LogP contribution in [-0.4, -0.2) is 65.8 Å². The first kappa shape index (κ1) is 27.8. The Morgan fingerprint density at radius 3 is 2.08 bits per heavy atom. The summed E-state index contributed by atoms with van der Waals surface area (Å²) in [4.78, 5) is 33.7. The van der Waals surface area contributed by atoms with Gasteiger partial charge in [0.1, 0.15) is 0 Å². The number of hydrogen-bond donors (Lipinski definition) is 0. The molecule has 202 valence electrons. The summed E-state index contributed by atoms with van der Waals surface area (Å²) in [5, 5.41) is 2.18. The largest absolute Gasteiger partial charge is 0.339 e. The molecule has 37 heavy (non-hydrogen) atoms. The number of carbonyl (C=O) groups is 2. The average Bonchev–Trinajstić information content (AvgIpc) is 3.41. The molecule has 0 aliphatic carbocycles. The second-order valence-electron chi connectivity index (χ2n) is 10.7. The van der Waals surface area contributed by atoms with Gasteiger partial charge < -0.3 is 9.80 Å². The van der Waals surface area contributed by atoms with Crippen LogP contribution in [0, 0.1) is 0 Å². The fourth-order valence-corrected chi connectivity index (χ4v) is 6.69. The molecule has 0 bridgehead atoms. The van der Waals surface area contributed by atoms with E-state index in [1.165, 1.54) is 60.9 Å². The van der Waals surface area contributed by atoms with Gasteiger partial charge >= 0.3 is 0 Å². The molecule has 0 saturated carbocycles. The maximum absolute atomic E-state index is 13.3. The van der Waals surface area contributed by atoms with Crippen molar-refractivity contribution in [2.45, 2.75) is 83.6 Å². The molecule has 2 aliphatic heterocycles. The summed E-state index contributed by atoms with van der Waals surface area (Å²) < 4.78 is 0. The fourth-order valence-electron chi connectivity index (χ4n) is 5.79. The molecular weight excluding hydrogens is 478 g/mol. The average molecular weight is 524 g/mol. The highest BCUT2D eigenvalue weighted by Crippen LogP contribution is 2.37. The van der Waals surface area contributed by atoms with Crippen LogP contribution < -0.4 is 0 Å². The summed E-state index contributed by atoms with van der Waals surface area (Å²) in [6, 6.07) is 12.9. The first-order valence-corrected chi connectivity index (χ1v) is 15.5. The molecule has 0 spiro atoms. The van der Waals surface area contributed by atoms with Crippen molar-refractivity contribution >= 4 is 23.2 Å². The van der Waals surface area contributed by atoms with Crippen molar-refractivity contribution in [1.29, 1.82) is 0 Å². The Balaban J connectivity index is 1.18. The van der Waals surface area contributed by atoms with Gasteiger partial charge in [0.15, 0.2) is 0 Å². The lowest BCUT2D eigenvalue weighted by Gasteiger charge is -2.39. The van der Waals surface area contributed by atoms with E-state index in [1.54, 1.807) is 0 Å². The van der Waals surface area contributed by atoms with Crippen molar-refractivity contribution in [2.75, 3.05) is 39.3 Å². The third-order valence-corrected chi connectivity index (χ3v) is 9.00. The van der Waals surface area contributed by atoms with Gasteiger partial charge in [-0.2, -0.15) is 0 Å². The number of thiophene rings is 1. The van der Waals surface area contributed by atoms with Crippen molar-refractivity contribution in [2.24, 2.45) is 0 Å². The van der Waals surface area contributed by atoms with Gasteiger partial charge in [-0.05, 0) is 35.4 Å². The monoisotopic (exact) mass is 523 g/mol.